The summed E-state index contributed by atoms with van der Waals surface area (Å²) >= 11 is 4.99. The van der Waals surface area contributed by atoms with Crippen LogP contribution in [0.2, 0.25) is 0 Å². The number of thiazole rings is 2. The molecule has 6 aromatic heterocycles. The van der Waals surface area contributed by atoms with Gasteiger partial charge in [-0.3, -0.25) is 19.2 Å². The van der Waals surface area contributed by atoms with E-state index in [1.54, 1.807) is 21.5 Å². The maximum absolute atomic E-state index is 13.0. The van der Waals surface area contributed by atoms with Gasteiger partial charge in [-0.15, -0.1) is 22.7 Å². The molecular formula is C40H34F6N8O6S4. The van der Waals surface area contributed by atoms with E-state index >= 15 is 0 Å². The van der Waals surface area contributed by atoms with Crippen LogP contribution in [-0.4, -0.2) is 86.8 Å². The number of carbonyl (C=O) groups excluding carboxylic acids is 2. The summed E-state index contributed by atoms with van der Waals surface area (Å²) < 4.78 is 91.5. The average molecular weight is 965 g/mol. The number of nitrogens with zero attached hydrogens (tertiary/aromatic N) is 7. The third-order valence-electron chi connectivity index (χ3n) is 9.25. The molecule has 6 heterocycles. The molecule has 0 spiro atoms. The molecule has 8 rings (SSSR count). The highest BCUT2D eigenvalue weighted by molar-refractivity contribution is 7.18. The van der Waals surface area contributed by atoms with Gasteiger partial charge in [0, 0.05) is 45.4 Å². The van der Waals surface area contributed by atoms with Gasteiger partial charge < -0.3 is 20.1 Å². The summed E-state index contributed by atoms with van der Waals surface area (Å²) in [6, 6.07) is 6.70. The van der Waals surface area contributed by atoms with Gasteiger partial charge in [0.05, 0.1) is 79.7 Å². The molecule has 0 amide bonds. The first-order chi connectivity index (χ1) is 30.4. The van der Waals surface area contributed by atoms with E-state index in [1.807, 2.05) is 19.0 Å². The quantitative estimate of drug-likeness (QED) is 0.0930. The number of hydrogen-bond acceptors (Lipinski definition) is 16. The lowest BCUT2D eigenvalue weighted by Crippen LogP contribution is -2.26. The van der Waals surface area contributed by atoms with Crippen molar-refractivity contribution in [2.45, 2.75) is 38.3 Å². The van der Waals surface area contributed by atoms with Crippen LogP contribution >= 0.6 is 45.3 Å². The number of likely N-dealkylation sites (N-methyl/N-ethyl adjacent to an activating group) is 1. The maximum Gasteiger partial charge on any atom is 0.416 e. The molecule has 0 saturated carbocycles. The lowest BCUT2D eigenvalue weighted by Gasteiger charge is -2.11. The predicted molar refractivity (Wildman–Crippen MR) is 232 cm³/mol. The van der Waals surface area contributed by atoms with Crippen molar-refractivity contribution in [2.75, 3.05) is 40.4 Å². The molecule has 0 aliphatic heterocycles. The van der Waals surface area contributed by atoms with Gasteiger partial charge in [0.15, 0.2) is 0 Å². The van der Waals surface area contributed by atoms with E-state index in [4.69, 9.17) is 15.2 Å². The van der Waals surface area contributed by atoms with Gasteiger partial charge in [0.1, 0.15) is 23.2 Å². The van der Waals surface area contributed by atoms with Crippen molar-refractivity contribution in [1.29, 1.82) is 0 Å². The molecule has 2 N–H and O–H groups in total. The topological polar surface area (TPSA) is 177 Å². The van der Waals surface area contributed by atoms with Crippen LogP contribution < -0.4 is 16.9 Å². The fourth-order valence-corrected chi connectivity index (χ4v) is 9.72. The number of thiophene rings is 2. The fraction of sp³-hybridized carbons (Fsp3) is 0.300. The molecule has 0 atom stereocenters. The van der Waals surface area contributed by atoms with E-state index < -0.39 is 35.4 Å². The summed E-state index contributed by atoms with van der Waals surface area (Å²) in [5.74, 6) is -0.975. The van der Waals surface area contributed by atoms with E-state index in [2.05, 4.69) is 20.2 Å². The van der Waals surface area contributed by atoms with E-state index in [0.717, 1.165) is 24.3 Å². The van der Waals surface area contributed by atoms with E-state index in [1.165, 1.54) is 66.8 Å². The Labute approximate surface area is 373 Å². The number of aromatic nitrogens is 6. The summed E-state index contributed by atoms with van der Waals surface area (Å²) in [7, 11) is 3.73. The van der Waals surface area contributed by atoms with Gasteiger partial charge >= 0.3 is 24.3 Å². The lowest BCUT2D eigenvalue weighted by molar-refractivity contribution is -0.143. The van der Waals surface area contributed by atoms with Crippen molar-refractivity contribution in [1.82, 2.24) is 34.4 Å². The van der Waals surface area contributed by atoms with Crippen LogP contribution in [0, 0.1) is 0 Å². The summed E-state index contributed by atoms with van der Waals surface area (Å²) in [4.78, 5) is 60.4. The van der Waals surface area contributed by atoms with Gasteiger partial charge in [-0.2, -0.15) is 59.2 Å². The number of alkyl halides is 6. The number of carbonyl (C=O) groups is 2. The summed E-state index contributed by atoms with van der Waals surface area (Å²) in [5.41, 5.74) is 4.23. The predicted octanol–water partition coefficient (Wildman–Crippen LogP) is 6.96. The first-order valence-corrected chi connectivity index (χ1v) is 22.4. The van der Waals surface area contributed by atoms with Gasteiger partial charge in [0.25, 0.3) is 11.1 Å². The molecule has 8 aromatic rings. The minimum Gasteiger partial charge on any atom is -0.464 e. The van der Waals surface area contributed by atoms with Crippen molar-refractivity contribution >= 4 is 99.3 Å². The molecule has 64 heavy (non-hydrogen) atoms. The lowest BCUT2D eigenvalue weighted by atomic mass is 10.2. The molecule has 336 valence electrons. The number of benzene rings is 2. The number of nitrogens with two attached hydrogens (primary N) is 1. The Morgan fingerprint density at radius 2 is 1.09 bits per heavy atom. The van der Waals surface area contributed by atoms with Gasteiger partial charge in [-0.1, -0.05) is 0 Å². The van der Waals surface area contributed by atoms with Crippen molar-refractivity contribution < 1.29 is 45.4 Å². The number of esters is 2. The molecule has 0 aliphatic carbocycles. The molecule has 0 unspecified atom stereocenters. The van der Waals surface area contributed by atoms with Crippen LogP contribution in [0.4, 0.5) is 26.3 Å². The molecular weight excluding hydrogens is 931 g/mol. The highest BCUT2D eigenvalue weighted by Gasteiger charge is 2.32. The zero-order valence-corrected chi connectivity index (χ0v) is 36.8. The normalized spacial score (nSPS) is 12.1. The molecule has 0 fully saturated rings. The zero-order valence-electron chi connectivity index (χ0n) is 33.5. The minimum absolute atomic E-state index is 0.0198. The van der Waals surface area contributed by atoms with Crippen LogP contribution in [0.25, 0.3) is 42.0 Å². The number of hydrogen-bond donors (Lipinski definition) is 1. The number of halogens is 6. The van der Waals surface area contributed by atoms with Crippen molar-refractivity contribution in [3.05, 3.63) is 111 Å². The third-order valence-corrected chi connectivity index (χ3v) is 12.8. The monoisotopic (exact) mass is 964 g/mol. The average Bonchev–Trinajstić information content (AvgIpc) is 4.06. The number of fused-ring (bicyclic) bond motifs is 4. The summed E-state index contributed by atoms with van der Waals surface area (Å²) in [6.45, 7) is 1.05. The molecule has 0 aliphatic rings. The van der Waals surface area contributed by atoms with Gasteiger partial charge in [-0.25, -0.2) is 19.3 Å². The van der Waals surface area contributed by atoms with Crippen molar-refractivity contribution in [3.8, 4) is 0 Å². The van der Waals surface area contributed by atoms with Gasteiger partial charge in [-0.05, 0) is 50.5 Å². The first-order valence-electron chi connectivity index (χ1n) is 18.9. The zero-order chi connectivity index (χ0) is 45.9. The van der Waals surface area contributed by atoms with Crippen molar-refractivity contribution in [2.24, 2.45) is 5.73 Å². The van der Waals surface area contributed by atoms with Crippen LogP contribution in [0.15, 0.2) is 67.5 Å². The molecule has 0 bridgehead atoms. The van der Waals surface area contributed by atoms with E-state index in [-0.39, 0.29) is 67.8 Å². The van der Waals surface area contributed by atoms with E-state index in [9.17, 15) is 45.5 Å². The number of ether oxygens (including phenoxy) is 2. The highest BCUT2D eigenvalue weighted by atomic mass is 32.1. The molecule has 24 heteroatoms. The smallest absolute Gasteiger partial charge is 0.416 e. The Bertz CT molecular complexity index is 3120. The first kappa shape index (κ1) is 46.3. The van der Waals surface area contributed by atoms with Crippen LogP contribution in [0.5, 0.6) is 0 Å². The Morgan fingerprint density at radius 1 is 0.672 bits per heavy atom. The molecule has 14 nitrogen and oxygen atoms in total. The molecule has 2 aromatic carbocycles. The van der Waals surface area contributed by atoms with Crippen molar-refractivity contribution in [3.63, 3.8) is 0 Å². The SMILES string of the molecule is CN(C)CCOC(=O)Cc1nn(Cc2nc3cc(C(F)(F)F)ccc3s2)c(=O)c2cscc12.NCCOC(=O)Cc1nn(Cc2nc3cc(C(F)(F)F)ccc3s2)c(=O)c2cscc12. The Morgan fingerprint density at radius 3 is 1.50 bits per heavy atom. The Balaban J connectivity index is 0.000000192. The molecule has 0 saturated heterocycles. The Kier molecular flexibility index (Phi) is 13.9. The van der Waals surface area contributed by atoms with Crippen LogP contribution in [0.1, 0.15) is 32.5 Å². The van der Waals surface area contributed by atoms with Gasteiger partial charge in [0.2, 0.25) is 0 Å². The summed E-state index contributed by atoms with van der Waals surface area (Å²) in [5, 5.41) is 18.4. The second-order valence-electron chi connectivity index (χ2n) is 14.2. The fourth-order valence-electron chi connectivity index (χ4n) is 6.20. The second-order valence-corrected chi connectivity index (χ2v) is 17.9. The third kappa shape index (κ3) is 10.8. The second kappa shape index (κ2) is 19.2. The number of rotatable bonds is 13. The molecule has 0 radical (unpaired) electrons. The largest absolute Gasteiger partial charge is 0.464 e. The van der Waals surface area contributed by atoms with Crippen LogP contribution in [-0.2, 0) is 57.3 Å². The maximum atomic E-state index is 13.0. The highest BCUT2D eigenvalue weighted by Crippen LogP contribution is 2.34. The Hall–Kier alpha value is -5.66. The van der Waals surface area contributed by atoms with Crippen LogP contribution in [0.3, 0.4) is 0 Å². The standard InChI is InChI=1S/C21H19F3N4O3S2.C19H15F3N4O3S2/c1-27(2)5-6-31-19(29)8-15-13-10-32-11-14(13)20(30)28(26-15)9-18-25-16-7-12(21(22,23)24)3-4-17(16)33-18;20-19(21,22)10-1-2-15-14(5-10)24-16(31-15)7-26-18(28)12-9-30-8-11(12)13(25-26)6-17(27)29-4-3-23/h3-4,7,10-11H,5-6,8-9H2,1-2H3;1-2,5,8-9H,3-4,6-7,23H2. The minimum atomic E-state index is -4.46. The van der Waals surface area contributed by atoms with E-state index in [0.29, 0.717) is 58.9 Å². The summed E-state index contributed by atoms with van der Waals surface area (Å²) in [6.07, 6.45) is -9.16.